The largest absolute Gasteiger partial charge is 0.508 e. The molecular weight excluding hydrogens is 336 g/mol. The van der Waals surface area contributed by atoms with Crippen LogP contribution in [-0.4, -0.2) is 25.3 Å². The Balaban J connectivity index is 1.71. The second-order valence-electron chi connectivity index (χ2n) is 6.96. The minimum absolute atomic E-state index is 0.215. The summed E-state index contributed by atoms with van der Waals surface area (Å²) < 4.78 is 5.30. The molecule has 4 rings (SSSR count). The Labute approximate surface area is 160 Å². The standard InChI is InChI=1S/C23H24N2O2/c1-17-8-13-23(26)22(14-17)18-15-24(19-6-4-3-5-7-19)25(16-18)20-9-11-21(27-2)12-10-20/h3-14,18,26H,15-16H2,1-2H3. The molecule has 138 valence electrons. The number of nitrogens with zero attached hydrogens (tertiary/aromatic N) is 2. The van der Waals surface area contributed by atoms with E-state index in [1.165, 1.54) is 0 Å². The molecule has 27 heavy (non-hydrogen) atoms. The lowest BCUT2D eigenvalue weighted by atomic mass is 9.97. The molecule has 0 aromatic heterocycles. The van der Waals surface area contributed by atoms with E-state index in [1.807, 2.05) is 24.3 Å². The molecule has 0 amide bonds. The second kappa shape index (κ2) is 7.23. The van der Waals surface area contributed by atoms with Crippen LogP contribution in [0.4, 0.5) is 11.4 Å². The van der Waals surface area contributed by atoms with Crippen LogP contribution >= 0.6 is 0 Å². The number of hydrogen-bond acceptors (Lipinski definition) is 4. The lowest BCUT2D eigenvalue weighted by molar-refractivity contribution is 0.415. The summed E-state index contributed by atoms with van der Waals surface area (Å²) in [7, 11) is 1.68. The van der Waals surface area contributed by atoms with Crippen LogP contribution in [0.25, 0.3) is 0 Å². The van der Waals surface area contributed by atoms with Crippen molar-refractivity contribution in [2.75, 3.05) is 30.2 Å². The average molecular weight is 360 g/mol. The van der Waals surface area contributed by atoms with Crippen molar-refractivity contribution >= 4 is 11.4 Å². The predicted molar refractivity (Wildman–Crippen MR) is 110 cm³/mol. The molecule has 1 atom stereocenters. The summed E-state index contributed by atoms with van der Waals surface area (Å²) in [5.41, 5.74) is 4.42. The van der Waals surface area contributed by atoms with E-state index >= 15 is 0 Å². The highest BCUT2D eigenvalue weighted by molar-refractivity contribution is 5.62. The highest BCUT2D eigenvalue weighted by Crippen LogP contribution is 2.37. The van der Waals surface area contributed by atoms with E-state index in [-0.39, 0.29) is 5.92 Å². The first-order chi connectivity index (χ1) is 13.2. The van der Waals surface area contributed by atoms with Crippen LogP contribution in [0.15, 0.2) is 72.8 Å². The third-order valence-electron chi connectivity index (χ3n) is 5.13. The lowest BCUT2D eigenvalue weighted by Gasteiger charge is -2.31. The van der Waals surface area contributed by atoms with Gasteiger partial charge in [-0.15, -0.1) is 0 Å². The predicted octanol–water partition coefficient (Wildman–Crippen LogP) is 4.73. The molecule has 4 nitrogen and oxygen atoms in total. The smallest absolute Gasteiger partial charge is 0.119 e. The van der Waals surface area contributed by atoms with E-state index in [4.69, 9.17) is 4.74 Å². The Hall–Kier alpha value is -3.14. The van der Waals surface area contributed by atoms with Gasteiger partial charge >= 0.3 is 0 Å². The second-order valence-corrected chi connectivity index (χ2v) is 6.96. The van der Waals surface area contributed by atoms with Crippen LogP contribution < -0.4 is 14.8 Å². The van der Waals surface area contributed by atoms with Gasteiger partial charge in [0.2, 0.25) is 0 Å². The maximum Gasteiger partial charge on any atom is 0.119 e. The molecule has 0 spiro atoms. The highest BCUT2D eigenvalue weighted by atomic mass is 16.5. The van der Waals surface area contributed by atoms with Crippen molar-refractivity contribution in [2.24, 2.45) is 0 Å². The number of methoxy groups -OCH3 is 1. The van der Waals surface area contributed by atoms with Crippen molar-refractivity contribution in [1.82, 2.24) is 0 Å². The molecule has 3 aromatic carbocycles. The molecule has 1 heterocycles. The molecule has 1 aliphatic heterocycles. The van der Waals surface area contributed by atoms with E-state index in [2.05, 4.69) is 59.4 Å². The van der Waals surface area contributed by atoms with E-state index in [0.717, 1.165) is 41.3 Å². The number of ether oxygens (including phenoxy) is 1. The van der Waals surface area contributed by atoms with Gasteiger partial charge < -0.3 is 9.84 Å². The highest BCUT2D eigenvalue weighted by Gasteiger charge is 2.33. The van der Waals surface area contributed by atoms with Crippen molar-refractivity contribution in [3.8, 4) is 11.5 Å². The van der Waals surface area contributed by atoms with E-state index in [0.29, 0.717) is 5.75 Å². The number of aromatic hydroxyl groups is 1. The molecule has 3 aromatic rings. The fourth-order valence-electron chi connectivity index (χ4n) is 3.71. The third kappa shape index (κ3) is 3.43. The maximum atomic E-state index is 10.4. The summed E-state index contributed by atoms with van der Waals surface area (Å²) in [5.74, 6) is 1.43. The molecule has 1 N–H and O–H groups in total. The van der Waals surface area contributed by atoms with Gasteiger partial charge in [0.15, 0.2) is 0 Å². The number of phenols is 1. The van der Waals surface area contributed by atoms with Crippen LogP contribution in [0.5, 0.6) is 11.5 Å². The summed E-state index contributed by atoms with van der Waals surface area (Å²) in [4.78, 5) is 0. The van der Waals surface area contributed by atoms with Crippen molar-refractivity contribution in [3.63, 3.8) is 0 Å². The molecule has 1 saturated heterocycles. The van der Waals surface area contributed by atoms with Gasteiger partial charge in [0, 0.05) is 24.6 Å². The van der Waals surface area contributed by atoms with Gasteiger partial charge in [0.25, 0.3) is 0 Å². The molecule has 0 radical (unpaired) electrons. The summed E-state index contributed by atoms with van der Waals surface area (Å²) in [6.45, 7) is 3.68. The molecule has 0 bridgehead atoms. The van der Waals surface area contributed by atoms with Crippen LogP contribution in [0.3, 0.4) is 0 Å². The Bertz CT molecular complexity index is 909. The minimum Gasteiger partial charge on any atom is -0.508 e. The zero-order valence-electron chi connectivity index (χ0n) is 15.7. The van der Waals surface area contributed by atoms with E-state index in [9.17, 15) is 5.11 Å². The van der Waals surface area contributed by atoms with Gasteiger partial charge in [-0.3, -0.25) is 10.0 Å². The van der Waals surface area contributed by atoms with Gasteiger partial charge in [0.05, 0.1) is 18.5 Å². The molecular formula is C23H24N2O2. The fourth-order valence-corrected chi connectivity index (χ4v) is 3.71. The summed E-state index contributed by atoms with van der Waals surface area (Å²) in [6.07, 6.45) is 0. The van der Waals surface area contributed by atoms with Crippen molar-refractivity contribution < 1.29 is 9.84 Å². The molecule has 4 heteroatoms. The van der Waals surface area contributed by atoms with Crippen LogP contribution in [-0.2, 0) is 0 Å². The Morgan fingerprint density at radius 1 is 0.852 bits per heavy atom. The quantitative estimate of drug-likeness (QED) is 0.729. The molecule has 1 aliphatic rings. The number of aryl methyl sites for hydroxylation is 1. The summed E-state index contributed by atoms with van der Waals surface area (Å²) >= 11 is 0. The van der Waals surface area contributed by atoms with Crippen molar-refractivity contribution in [1.29, 1.82) is 0 Å². The average Bonchev–Trinajstić information content (AvgIpc) is 3.16. The summed E-state index contributed by atoms with van der Waals surface area (Å²) in [6, 6.07) is 24.3. The number of hydrogen-bond donors (Lipinski definition) is 1. The first kappa shape index (κ1) is 17.3. The van der Waals surface area contributed by atoms with Gasteiger partial charge in [-0.05, 0) is 49.4 Å². The number of hydrazine groups is 1. The van der Waals surface area contributed by atoms with E-state index < -0.39 is 0 Å². The maximum absolute atomic E-state index is 10.4. The molecule has 0 saturated carbocycles. The van der Waals surface area contributed by atoms with E-state index in [1.54, 1.807) is 13.2 Å². The molecule has 1 fully saturated rings. The number of anilines is 2. The summed E-state index contributed by atoms with van der Waals surface area (Å²) in [5, 5.41) is 15.0. The van der Waals surface area contributed by atoms with Crippen LogP contribution in [0, 0.1) is 6.92 Å². The third-order valence-corrected chi connectivity index (χ3v) is 5.13. The number of phenolic OH excluding ortho intramolecular Hbond substituents is 1. The van der Waals surface area contributed by atoms with Crippen LogP contribution in [0.1, 0.15) is 17.0 Å². The van der Waals surface area contributed by atoms with Gasteiger partial charge in [-0.2, -0.15) is 0 Å². The van der Waals surface area contributed by atoms with Gasteiger partial charge in [-0.1, -0.05) is 35.9 Å². The number of rotatable bonds is 4. The number of para-hydroxylation sites is 1. The fraction of sp³-hybridized carbons (Fsp3) is 0.217. The van der Waals surface area contributed by atoms with Crippen molar-refractivity contribution in [2.45, 2.75) is 12.8 Å². The SMILES string of the molecule is COc1ccc(N2CC(c3cc(C)ccc3O)CN2c2ccccc2)cc1. The normalized spacial score (nSPS) is 16.6. The van der Waals surface area contributed by atoms with Crippen molar-refractivity contribution in [3.05, 3.63) is 83.9 Å². The topological polar surface area (TPSA) is 35.9 Å². The zero-order valence-corrected chi connectivity index (χ0v) is 15.7. The zero-order chi connectivity index (χ0) is 18.8. The Morgan fingerprint density at radius 2 is 1.48 bits per heavy atom. The molecule has 1 unspecified atom stereocenters. The minimum atomic E-state index is 0.215. The Morgan fingerprint density at radius 3 is 2.11 bits per heavy atom. The molecule has 0 aliphatic carbocycles. The Kier molecular flexibility index (Phi) is 4.63. The van der Waals surface area contributed by atoms with Crippen LogP contribution in [0.2, 0.25) is 0 Å². The number of benzene rings is 3. The van der Waals surface area contributed by atoms with Gasteiger partial charge in [-0.25, -0.2) is 0 Å². The first-order valence-corrected chi connectivity index (χ1v) is 9.19. The first-order valence-electron chi connectivity index (χ1n) is 9.19. The lowest BCUT2D eigenvalue weighted by Crippen LogP contribution is -2.36. The van der Waals surface area contributed by atoms with Gasteiger partial charge in [0.1, 0.15) is 11.5 Å². The monoisotopic (exact) mass is 360 g/mol.